The highest BCUT2D eigenvalue weighted by atomic mass is 35.5. The maximum absolute atomic E-state index is 13.9. The first-order valence-corrected chi connectivity index (χ1v) is 16.1. The molecule has 232 valence electrons. The highest BCUT2D eigenvalue weighted by Crippen LogP contribution is 2.29. The quantitative estimate of drug-likeness (QED) is 0.318. The largest absolute Gasteiger partial charge is 0.460 e. The Kier molecular flexibility index (Phi) is 9.40. The van der Waals surface area contributed by atoms with E-state index in [9.17, 15) is 18.1 Å². The van der Waals surface area contributed by atoms with Crippen molar-refractivity contribution in [3.63, 3.8) is 0 Å². The van der Waals surface area contributed by atoms with Crippen molar-refractivity contribution in [3.8, 4) is 12.2 Å². The van der Waals surface area contributed by atoms with Crippen LogP contribution in [0.3, 0.4) is 0 Å². The number of halogens is 2. The Morgan fingerprint density at radius 2 is 1.77 bits per heavy atom. The van der Waals surface area contributed by atoms with Gasteiger partial charge in [0, 0.05) is 70.2 Å². The van der Waals surface area contributed by atoms with Gasteiger partial charge in [-0.05, 0) is 37.1 Å². The molecular formula is C28H34ClFN6O6S. The van der Waals surface area contributed by atoms with Crippen molar-refractivity contribution in [2.45, 2.75) is 49.8 Å². The van der Waals surface area contributed by atoms with E-state index >= 15 is 0 Å². The minimum atomic E-state index is -3.29. The molecule has 1 unspecified atom stereocenters. The number of likely N-dealkylation sites (tertiary alicyclic amines) is 1. The van der Waals surface area contributed by atoms with Crippen LogP contribution < -0.4 is 20.6 Å². The van der Waals surface area contributed by atoms with Gasteiger partial charge in [0.1, 0.15) is 23.8 Å². The van der Waals surface area contributed by atoms with Gasteiger partial charge in [0.25, 0.3) is 0 Å². The molecule has 5 rings (SSSR count). The number of methoxy groups -OCH3 is 2. The molecule has 15 heteroatoms. The predicted octanol–water partition coefficient (Wildman–Crippen LogP) is 1.71. The molecule has 1 atom stereocenters. The summed E-state index contributed by atoms with van der Waals surface area (Å²) >= 11 is 6.04. The first-order chi connectivity index (χ1) is 20.5. The zero-order valence-corrected chi connectivity index (χ0v) is 25.7. The first kappa shape index (κ1) is 31.4. The molecule has 1 N–H and O–H groups in total. The van der Waals surface area contributed by atoms with Crippen molar-refractivity contribution in [2.24, 2.45) is 0 Å². The number of rotatable bonds is 9. The summed E-state index contributed by atoms with van der Waals surface area (Å²) in [5.41, 5.74) is 0.495. The summed E-state index contributed by atoms with van der Waals surface area (Å²) in [7, 11) is -0.281. The summed E-state index contributed by atoms with van der Waals surface area (Å²) in [6.07, 6.45) is 7.94. The zero-order chi connectivity index (χ0) is 30.8. The van der Waals surface area contributed by atoms with Crippen molar-refractivity contribution < 1.29 is 31.8 Å². The molecule has 43 heavy (non-hydrogen) atoms. The van der Waals surface area contributed by atoms with Gasteiger partial charge in [-0.3, -0.25) is 0 Å². The zero-order valence-electron chi connectivity index (χ0n) is 24.1. The summed E-state index contributed by atoms with van der Waals surface area (Å²) in [5, 5.41) is 13.4. The van der Waals surface area contributed by atoms with Crippen LogP contribution in [0.2, 0.25) is 5.02 Å². The van der Waals surface area contributed by atoms with Gasteiger partial charge in [-0.25, -0.2) is 17.1 Å². The number of hydrogen-bond acceptors (Lipinski definition) is 11. The SMILES string of the molecule is COC1(OC)C=c2nc(OC3CCN(C#N)CC3)nc(Nc3ccc(F)c(Cl)c3)c2=CC1OC1CCN(S(C)(=O)=O)CC1. The molecule has 3 heterocycles. The second-order valence-electron chi connectivity index (χ2n) is 10.7. The van der Waals surface area contributed by atoms with Crippen LogP contribution in [0.4, 0.5) is 15.9 Å². The number of anilines is 2. The van der Waals surface area contributed by atoms with Crippen LogP contribution in [-0.2, 0) is 24.2 Å². The molecule has 0 spiro atoms. The van der Waals surface area contributed by atoms with Gasteiger partial charge in [-0.1, -0.05) is 11.6 Å². The average Bonchev–Trinajstić information content (AvgIpc) is 2.99. The number of nitrogens with one attached hydrogen (secondary N) is 1. The van der Waals surface area contributed by atoms with Crippen molar-refractivity contribution in [2.75, 3.05) is 52.0 Å². The number of nitrogens with zero attached hydrogens (tertiary/aromatic N) is 5. The van der Waals surface area contributed by atoms with E-state index in [1.54, 1.807) is 23.1 Å². The Hall–Kier alpha value is -3.06. The summed E-state index contributed by atoms with van der Waals surface area (Å²) < 4.78 is 63.7. The maximum atomic E-state index is 13.9. The van der Waals surface area contributed by atoms with Crippen molar-refractivity contribution >= 4 is 45.3 Å². The van der Waals surface area contributed by atoms with Gasteiger partial charge in [-0.15, -0.1) is 0 Å². The maximum Gasteiger partial charge on any atom is 0.319 e. The van der Waals surface area contributed by atoms with Crippen LogP contribution in [-0.4, -0.2) is 98.3 Å². The van der Waals surface area contributed by atoms with Crippen molar-refractivity contribution in [1.29, 1.82) is 5.26 Å². The van der Waals surface area contributed by atoms with E-state index in [4.69, 9.17) is 30.5 Å². The molecule has 2 saturated heterocycles. The van der Waals surface area contributed by atoms with Gasteiger partial charge >= 0.3 is 6.01 Å². The van der Waals surface area contributed by atoms with E-state index < -0.39 is 27.7 Å². The normalized spacial score (nSPS) is 21.3. The number of aromatic nitrogens is 2. The molecular weight excluding hydrogens is 603 g/mol. The number of fused-ring (bicyclic) bond motifs is 1. The number of ether oxygens (including phenoxy) is 4. The third-order valence-corrected chi connectivity index (χ3v) is 9.48. The Balaban J connectivity index is 1.51. The molecule has 12 nitrogen and oxygen atoms in total. The summed E-state index contributed by atoms with van der Waals surface area (Å²) in [6.45, 7) is 1.84. The van der Waals surface area contributed by atoms with Crippen LogP contribution in [0.1, 0.15) is 25.7 Å². The molecule has 0 radical (unpaired) electrons. The molecule has 1 aliphatic carbocycles. The fourth-order valence-electron chi connectivity index (χ4n) is 5.44. The summed E-state index contributed by atoms with van der Waals surface area (Å²) in [4.78, 5) is 11.0. The molecule has 2 fully saturated rings. The van der Waals surface area contributed by atoms with Gasteiger partial charge in [-0.2, -0.15) is 15.2 Å². The van der Waals surface area contributed by atoms with Gasteiger partial charge < -0.3 is 29.2 Å². The molecule has 0 saturated carbocycles. The average molecular weight is 637 g/mol. The van der Waals surface area contributed by atoms with E-state index in [-0.39, 0.29) is 23.2 Å². The minimum Gasteiger partial charge on any atom is -0.460 e. The number of nitriles is 1. The van der Waals surface area contributed by atoms with Crippen LogP contribution in [0.15, 0.2) is 18.2 Å². The smallest absolute Gasteiger partial charge is 0.319 e. The van der Waals surface area contributed by atoms with E-state index in [1.165, 1.54) is 36.9 Å². The third kappa shape index (κ3) is 7.03. The fourth-order valence-corrected chi connectivity index (χ4v) is 6.49. The van der Waals surface area contributed by atoms with Crippen molar-refractivity contribution in [3.05, 3.63) is 39.6 Å². The lowest BCUT2D eigenvalue weighted by molar-refractivity contribution is -0.222. The number of piperidine rings is 2. The molecule has 2 aliphatic heterocycles. The topological polar surface area (TPSA) is 139 Å². The molecule has 1 aromatic carbocycles. The molecule has 0 amide bonds. The van der Waals surface area contributed by atoms with Crippen LogP contribution in [0.5, 0.6) is 6.01 Å². The number of sulfonamides is 1. The Morgan fingerprint density at radius 3 is 2.37 bits per heavy atom. The number of benzene rings is 1. The molecule has 2 aromatic rings. The van der Waals surface area contributed by atoms with Crippen LogP contribution in [0, 0.1) is 17.3 Å². The van der Waals surface area contributed by atoms with Crippen LogP contribution >= 0.6 is 11.6 Å². The standard InChI is InChI=1S/C28H34ClFN6O6S/c1-39-28(40-2)16-24-21(15-25(28)41-19-8-12-36(13-9-19)43(3,37)38)26(32-18-4-5-23(30)22(29)14-18)34-27(33-24)42-20-6-10-35(17-31)11-7-20/h4-5,14-16,19-20,25H,6-13H2,1-3H3,(H,32,33,34). The molecule has 3 aliphatic rings. The lowest BCUT2D eigenvalue weighted by Gasteiger charge is -2.39. The van der Waals surface area contributed by atoms with Gasteiger partial charge in [0.2, 0.25) is 15.8 Å². The predicted molar refractivity (Wildman–Crippen MR) is 157 cm³/mol. The van der Waals surface area contributed by atoms with Gasteiger partial charge in [0.05, 0.1) is 22.7 Å². The van der Waals surface area contributed by atoms with Crippen molar-refractivity contribution in [1.82, 2.24) is 19.2 Å². The summed E-state index contributed by atoms with van der Waals surface area (Å²) in [5.74, 6) is -1.53. The first-order valence-electron chi connectivity index (χ1n) is 13.9. The second kappa shape index (κ2) is 12.9. The third-order valence-electron chi connectivity index (χ3n) is 7.89. The van der Waals surface area contributed by atoms with E-state index in [0.29, 0.717) is 73.9 Å². The fraction of sp³-hybridized carbons (Fsp3) is 0.536. The number of hydrogen-bond donors (Lipinski definition) is 1. The summed E-state index contributed by atoms with van der Waals surface area (Å²) in [6, 6.07) is 4.36. The molecule has 1 aromatic heterocycles. The second-order valence-corrected chi connectivity index (χ2v) is 13.1. The van der Waals surface area contributed by atoms with E-state index in [1.807, 2.05) is 0 Å². The van der Waals surface area contributed by atoms with Crippen LogP contribution in [0.25, 0.3) is 12.2 Å². The highest BCUT2D eigenvalue weighted by molar-refractivity contribution is 7.88. The van der Waals surface area contributed by atoms with E-state index in [2.05, 4.69) is 21.5 Å². The monoisotopic (exact) mass is 636 g/mol. The highest BCUT2D eigenvalue weighted by Gasteiger charge is 2.42. The Morgan fingerprint density at radius 1 is 1.09 bits per heavy atom. The van der Waals surface area contributed by atoms with E-state index in [0.717, 1.165) is 0 Å². The molecule has 0 bridgehead atoms. The van der Waals surface area contributed by atoms with Gasteiger partial charge in [0.15, 0.2) is 6.19 Å². The minimum absolute atomic E-state index is 0.0522. The lowest BCUT2D eigenvalue weighted by Crippen LogP contribution is -2.54. The Labute approximate surface area is 254 Å². The lowest BCUT2D eigenvalue weighted by atomic mass is 10.0. The Bertz CT molecular complexity index is 1600.